The first-order valence-corrected chi connectivity index (χ1v) is 8.48. The minimum absolute atomic E-state index is 0.346. The summed E-state index contributed by atoms with van der Waals surface area (Å²) in [5.74, 6) is -0.751. The van der Waals surface area contributed by atoms with Gasteiger partial charge in [0.05, 0.1) is 11.3 Å². The first kappa shape index (κ1) is 17.9. The van der Waals surface area contributed by atoms with Gasteiger partial charge < -0.3 is 10.6 Å². The standard InChI is InChI=1S/C20H17ClFN3O/c21-16-4-1-3-14(9-16)7-8-24-19-10-15(12-23-13-19)20(26)25-18-6-2-5-17(22)11-18/h1-6,9-13,24H,7-8H2,(H,25,26). The molecule has 0 saturated heterocycles. The Hall–Kier alpha value is -2.92. The molecule has 3 aromatic rings. The first-order valence-electron chi connectivity index (χ1n) is 8.10. The summed E-state index contributed by atoms with van der Waals surface area (Å²) in [6, 6.07) is 15.1. The van der Waals surface area contributed by atoms with E-state index in [4.69, 9.17) is 11.6 Å². The van der Waals surface area contributed by atoms with Crippen LogP contribution >= 0.6 is 11.6 Å². The largest absolute Gasteiger partial charge is 0.383 e. The Morgan fingerprint density at radius 3 is 2.69 bits per heavy atom. The summed E-state index contributed by atoms with van der Waals surface area (Å²) in [6.07, 6.45) is 3.91. The normalized spacial score (nSPS) is 10.4. The van der Waals surface area contributed by atoms with Gasteiger partial charge in [-0.2, -0.15) is 0 Å². The van der Waals surface area contributed by atoms with E-state index in [2.05, 4.69) is 15.6 Å². The lowest BCUT2D eigenvalue weighted by molar-refractivity contribution is 0.102. The molecule has 0 aliphatic heterocycles. The van der Waals surface area contributed by atoms with Gasteiger partial charge in [0.2, 0.25) is 0 Å². The molecule has 0 aliphatic rings. The minimum Gasteiger partial charge on any atom is -0.383 e. The van der Waals surface area contributed by atoms with Gasteiger partial charge in [-0.15, -0.1) is 0 Å². The Morgan fingerprint density at radius 1 is 1.04 bits per heavy atom. The van der Waals surface area contributed by atoms with Crippen LogP contribution in [0.1, 0.15) is 15.9 Å². The van der Waals surface area contributed by atoms with Gasteiger partial charge in [-0.05, 0) is 48.4 Å². The lowest BCUT2D eigenvalue weighted by Crippen LogP contribution is -2.13. The molecular formula is C20H17ClFN3O. The van der Waals surface area contributed by atoms with Crippen LogP contribution < -0.4 is 10.6 Å². The molecule has 132 valence electrons. The van der Waals surface area contributed by atoms with E-state index in [-0.39, 0.29) is 5.91 Å². The first-order chi connectivity index (χ1) is 12.6. The molecule has 1 heterocycles. The van der Waals surface area contributed by atoms with Gasteiger partial charge in [0.25, 0.3) is 5.91 Å². The van der Waals surface area contributed by atoms with Crippen LogP contribution in [-0.2, 0) is 6.42 Å². The van der Waals surface area contributed by atoms with Gasteiger partial charge in [0.15, 0.2) is 0 Å². The fraction of sp³-hybridized carbons (Fsp3) is 0.100. The third-order valence-electron chi connectivity index (χ3n) is 3.71. The van der Waals surface area contributed by atoms with Crippen molar-refractivity contribution in [2.24, 2.45) is 0 Å². The van der Waals surface area contributed by atoms with Crippen molar-refractivity contribution in [2.45, 2.75) is 6.42 Å². The quantitative estimate of drug-likeness (QED) is 0.657. The molecule has 0 aliphatic carbocycles. The molecule has 0 unspecified atom stereocenters. The number of anilines is 2. The summed E-state index contributed by atoms with van der Waals surface area (Å²) in [5, 5.41) is 6.60. The number of pyridine rings is 1. The van der Waals surface area contributed by atoms with Gasteiger partial charge >= 0.3 is 0 Å². The SMILES string of the molecule is O=C(Nc1cccc(F)c1)c1cncc(NCCc2cccc(Cl)c2)c1. The molecule has 2 aromatic carbocycles. The van der Waals surface area contributed by atoms with Crippen LogP contribution in [0.2, 0.25) is 5.02 Å². The van der Waals surface area contributed by atoms with Crippen molar-refractivity contribution in [2.75, 3.05) is 17.2 Å². The maximum Gasteiger partial charge on any atom is 0.257 e. The van der Waals surface area contributed by atoms with Crippen molar-refractivity contribution in [1.82, 2.24) is 4.98 Å². The highest BCUT2D eigenvalue weighted by atomic mass is 35.5. The summed E-state index contributed by atoms with van der Waals surface area (Å²) in [4.78, 5) is 16.4. The zero-order valence-corrected chi connectivity index (χ0v) is 14.6. The van der Waals surface area contributed by atoms with Crippen LogP contribution in [0.3, 0.4) is 0 Å². The van der Waals surface area contributed by atoms with Crippen molar-refractivity contribution in [1.29, 1.82) is 0 Å². The van der Waals surface area contributed by atoms with Crippen molar-refractivity contribution in [3.05, 3.63) is 89.0 Å². The van der Waals surface area contributed by atoms with Gasteiger partial charge in [-0.1, -0.05) is 29.8 Å². The zero-order valence-electron chi connectivity index (χ0n) is 13.9. The Balaban J connectivity index is 1.59. The van der Waals surface area contributed by atoms with Crippen LogP contribution in [0.15, 0.2) is 67.0 Å². The van der Waals surface area contributed by atoms with E-state index in [1.54, 1.807) is 18.3 Å². The molecule has 0 saturated carbocycles. The molecular weight excluding hydrogens is 353 g/mol. The monoisotopic (exact) mass is 369 g/mol. The molecule has 6 heteroatoms. The smallest absolute Gasteiger partial charge is 0.257 e. The Labute approximate surface area is 156 Å². The highest BCUT2D eigenvalue weighted by molar-refractivity contribution is 6.30. The molecule has 26 heavy (non-hydrogen) atoms. The molecule has 0 atom stereocenters. The third-order valence-corrected chi connectivity index (χ3v) is 3.95. The minimum atomic E-state index is -0.405. The second-order valence-electron chi connectivity index (χ2n) is 5.73. The Kier molecular flexibility index (Phi) is 5.81. The van der Waals surface area contributed by atoms with E-state index >= 15 is 0 Å². The van der Waals surface area contributed by atoms with Crippen LogP contribution in [0.4, 0.5) is 15.8 Å². The summed E-state index contributed by atoms with van der Waals surface area (Å²) < 4.78 is 13.2. The average molecular weight is 370 g/mol. The number of nitrogens with zero attached hydrogens (tertiary/aromatic N) is 1. The Morgan fingerprint density at radius 2 is 1.88 bits per heavy atom. The van der Waals surface area contributed by atoms with Crippen LogP contribution in [-0.4, -0.2) is 17.4 Å². The zero-order chi connectivity index (χ0) is 18.4. The second-order valence-corrected chi connectivity index (χ2v) is 6.17. The topological polar surface area (TPSA) is 54.0 Å². The molecule has 0 fully saturated rings. The number of amides is 1. The number of carbonyl (C=O) groups excluding carboxylic acids is 1. The summed E-state index contributed by atoms with van der Waals surface area (Å²) >= 11 is 5.97. The predicted octanol–water partition coefficient (Wildman–Crippen LogP) is 4.78. The van der Waals surface area contributed by atoms with E-state index in [0.29, 0.717) is 22.8 Å². The molecule has 2 N–H and O–H groups in total. The van der Waals surface area contributed by atoms with Crippen molar-refractivity contribution < 1.29 is 9.18 Å². The summed E-state index contributed by atoms with van der Waals surface area (Å²) in [7, 11) is 0. The van der Waals surface area contributed by atoms with Gasteiger partial charge in [0.1, 0.15) is 5.82 Å². The number of aromatic nitrogens is 1. The fourth-order valence-corrected chi connectivity index (χ4v) is 2.69. The summed E-state index contributed by atoms with van der Waals surface area (Å²) in [5.41, 5.74) is 2.65. The molecule has 3 rings (SSSR count). The summed E-state index contributed by atoms with van der Waals surface area (Å²) in [6.45, 7) is 0.678. The number of benzene rings is 2. The Bertz CT molecular complexity index is 917. The van der Waals surface area contributed by atoms with E-state index in [0.717, 1.165) is 17.7 Å². The maximum atomic E-state index is 13.2. The fourth-order valence-electron chi connectivity index (χ4n) is 2.47. The highest BCUT2D eigenvalue weighted by Gasteiger charge is 2.08. The number of rotatable bonds is 6. The van der Waals surface area contributed by atoms with Crippen LogP contribution in [0, 0.1) is 5.82 Å². The van der Waals surface area contributed by atoms with Crippen molar-refractivity contribution in [3.63, 3.8) is 0 Å². The lowest BCUT2D eigenvalue weighted by Gasteiger charge is -2.09. The van der Waals surface area contributed by atoms with Gasteiger partial charge in [-0.25, -0.2) is 4.39 Å². The van der Waals surface area contributed by atoms with Gasteiger partial charge in [0, 0.05) is 29.6 Å². The molecule has 0 radical (unpaired) electrons. The predicted molar refractivity (Wildman–Crippen MR) is 102 cm³/mol. The molecule has 0 spiro atoms. The van der Waals surface area contributed by atoms with E-state index in [1.165, 1.54) is 24.4 Å². The number of nitrogens with one attached hydrogen (secondary N) is 2. The molecule has 0 bridgehead atoms. The lowest BCUT2D eigenvalue weighted by atomic mass is 10.1. The molecule has 4 nitrogen and oxygen atoms in total. The molecule has 1 aromatic heterocycles. The number of hydrogen-bond acceptors (Lipinski definition) is 3. The van der Waals surface area contributed by atoms with E-state index in [9.17, 15) is 9.18 Å². The maximum absolute atomic E-state index is 13.2. The van der Waals surface area contributed by atoms with Crippen LogP contribution in [0.25, 0.3) is 0 Å². The number of hydrogen-bond donors (Lipinski definition) is 2. The third kappa shape index (κ3) is 5.04. The highest BCUT2D eigenvalue weighted by Crippen LogP contribution is 2.14. The molecule has 1 amide bonds. The number of halogens is 2. The van der Waals surface area contributed by atoms with E-state index in [1.807, 2.05) is 24.3 Å². The second kappa shape index (κ2) is 8.45. The van der Waals surface area contributed by atoms with Crippen molar-refractivity contribution >= 4 is 28.9 Å². The number of carbonyl (C=O) groups is 1. The van der Waals surface area contributed by atoms with Crippen molar-refractivity contribution in [3.8, 4) is 0 Å². The van der Waals surface area contributed by atoms with Gasteiger partial charge in [-0.3, -0.25) is 9.78 Å². The van der Waals surface area contributed by atoms with E-state index < -0.39 is 5.82 Å². The average Bonchev–Trinajstić information content (AvgIpc) is 2.62. The van der Waals surface area contributed by atoms with Crippen LogP contribution in [0.5, 0.6) is 0 Å².